The molecule has 0 atom stereocenters. The van der Waals surface area contributed by atoms with E-state index in [1.165, 1.54) is 35.1 Å². The number of hydrogen-bond acceptors (Lipinski definition) is 0. The van der Waals surface area contributed by atoms with Gasteiger partial charge in [0.05, 0.1) is 0 Å². The molecule has 0 unspecified atom stereocenters. The summed E-state index contributed by atoms with van der Waals surface area (Å²) >= 11 is 0. The molecule has 0 fully saturated rings. The summed E-state index contributed by atoms with van der Waals surface area (Å²) in [6, 6.07) is 21.8. The molecule has 0 saturated carbocycles. The van der Waals surface area contributed by atoms with E-state index in [0.717, 1.165) is 12.8 Å². The molecule has 0 aliphatic heterocycles. The SMILES string of the molecule is CCCCC1=C(C(C)(c2ccccc2)c2ccccc2)CC=[C-]1.[Cl-].[Cl-].[Cl-].[Ti+4]. The van der Waals surface area contributed by atoms with Crippen LogP contribution in [0.4, 0.5) is 0 Å². The second-order valence-electron chi connectivity index (χ2n) is 6.47. The van der Waals surface area contributed by atoms with Crippen LogP contribution in [0.3, 0.4) is 0 Å². The number of rotatable bonds is 6. The average Bonchev–Trinajstić information content (AvgIpc) is 3.10. The summed E-state index contributed by atoms with van der Waals surface area (Å²) in [6.45, 7) is 4.63. The molecule has 2 aromatic rings. The quantitative estimate of drug-likeness (QED) is 0.327. The Morgan fingerprint density at radius 1 is 0.852 bits per heavy atom. The minimum atomic E-state index is -0.0778. The third-order valence-electron chi connectivity index (χ3n) is 5.03. The summed E-state index contributed by atoms with van der Waals surface area (Å²) in [5.41, 5.74) is 5.59. The molecule has 0 spiro atoms. The monoisotopic (exact) mass is 454 g/mol. The molecule has 142 valence electrons. The summed E-state index contributed by atoms with van der Waals surface area (Å²) in [5.74, 6) is 0. The fraction of sp³-hybridized carbons (Fsp3) is 0.304. The number of benzene rings is 2. The van der Waals surface area contributed by atoms with Gasteiger partial charge in [-0.2, -0.15) is 11.6 Å². The van der Waals surface area contributed by atoms with Crippen molar-refractivity contribution < 1.29 is 58.9 Å². The smallest absolute Gasteiger partial charge is 1.00 e. The van der Waals surface area contributed by atoms with Gasteiger partial charge in [0.1, 0.15) is 0 Å². The molecule has 0 saturated heterocycles. The Kier molecular flexibility index (Phi) is 14.5. The van der Waals surface area contributed by atoms with Crippen molar-refractivity contribution in [3.8, 4) is 0 Å². The minimum absolute atomic E-state index is 0. The molecule has 0 radical (unpaired) electrons. The Morgan fingerprint density at radius 3 is 1.78 bits per heavy atom. The summed E-state index contributed by atoms with van der Waals surface area (Å²) in [7, 11) is 0. The van der Waals surface area contributed by atoms with Crippen LogP contribution in [0.15, 0.2) is 77.9 Å². The van der Waals surface area contributed by atoms with E-state index in [1.54, 1.807) is 0 Å². The van der Waals surface area contributed by atoms with Crippen LogP contribution in [-0.2, 0) is 27.1 Å². The average molecular weight is 456 g/mol. The number of hydrogen-bond donors (Lipinski definition) is 0. The fourth-order valence-electron chi connectivity index (χ4n) is 3.63. The van der Waals surface area contributed by atoms with Crippen molar-refractivity contribution in [1.29, 1.82) is 0 Å². The van der Waals surface area contributed by atoms with Crippen LogP contribution in [0.5, 0.6) is 0 Å². The van der Waals surface area contributed by atoms with Gasteiger partial charge in [-0.1, -0.05) is 111 Å². The summed E-state index contributed by atoms with van der Waals surface area (Å²) < 4.78 is 0. The fourth-order valence-corrected chi connectivity index (χ4v) is 3.63. The molecule has 1 aliphatic carbocycles. The zero-order valence-electron chi connectivity index (χ0n) is 15.8. The Bertz CT molecular complexity index is 669. The van der Waals surface area contributed by atoms with Gasteiger partial charge in [0.15, 0.2) is 0 Å². The Morgan fingerprint density at radius 2 is 1.33 bits per heavy atom. The number of unbranched alkanes of at least 4 members (excludes halogenated alkanes) is 1. The molecule has 4 heteroatoms. The molecule has 0 amide bonds. The van der Waals surface area contributed by atoms with Gasteiger partial charge in [-0.15, -0.1) is 0 Å². The van der Waals surface area contributed by atoms with Crippen LogP contribution in [0.2, 0.25) is 0 Å². The van der Waals surface area contributed by atoms with Gasteiger partial charge in [-0.25, -0.2) is 5.57 Å². The minimum Gasteiger partial charge on any atom is -1.00 e. The Hall–Kier alpha value is -0.496. The van der Waals surface area contributed by atoms with Crippen LogP contribution in [0, 0.1) is 6.08 Å². The van der Waals surface area contributed by atoms with Crippen molar-refractivity contribution in [1.82, 2.24) is 0 Å². The number of allylic oxidation sites excluding steroid dienone is 4. The van der Waals surface area contributed by atoms with Gasteiger partial charge in [-0.05, 0) is 5.41 Å². The first-order valence-electron chi connectivity index (χ1n) is 8.68. The van der Waals surface area contributed by atoms with Gasteiger partial charge in [0, 0.05) is 0 Å². The molecule has 0 bridgehead atoms. The van der Waals surface area contributed by atoms with Crippen molar-refractivity contribution >= 4 is 0 Å². The second-order valence-corrected chi connectivity index (χ2v) is 6.47. The molecule has 2 aromatic carbocycles. The van der Waals surface area contributed by atoms with Crippen molar-refractivity contribution in [2.45, 2.75) is 44.9 Å². The first-order valence-corrected chi connectivity index (χ1v) is 8.68. The summed E-state index contributed by atoms with van der Waals surface area (Å²) in [5, 5.41) is 0. The summed E-state index contributed by atoms with van der Waals surface area (Å²) in [6.07, 6.45) is 10.4. The van der Waals surface area contributed by atoms with E-state index in [-0.39, 0.29) is 64.4 Å². The van der Waals surface area contributed by atoms with Crippen LogP contribution < -0.4 is 37.2 Å². The molecule has 1 aliphatic rings. The molecule has 3 rings (SSSR count). The van der Waals surface area contributed by atoms with Crippen LogP contribution in [0.1, 0.15) is 50.7 Å². The molecule has 0 aromatic heterocycles. The van der Waals surface area contributed by atoms with Gasteiger partial charge in [0.2, 0.25) is 0 Å². The Labute approximate surface area is 198 Å². The van der Waals surface area contributed by atoms with Crippen molar-refractivity contribution in [3.63, 3.8) is 0 Å². The van der Waals surface area contributed by atoms with E-state index < -0.39 is 0 Å². The van der Waals surface area contributed by atoms with E-state index in [1.807, 2.05) is 0 Å². The third kappa shape index (κ3) is 6.24. The first kappa shape index (κ1) is 28.7. The van der Waals surface area contributed by atoms with Gasteiger partial charge >= 0.3 is 21.7 Å². The predicted octanol–water partition coefficient (Wildman–Crippen LogP) is -2.75. The van der Waals surface area contributed by atoms with Gasteiger partial charge in [-0.3, -0.25) is 6.08 Å². The Balaban J connectivity index is 0. The maximum absolute atomic E-state index is 3.54. The first-order chi connectivity index (χ1) is 11.3. The topological polar surface area (TPSA) is 0 Å². The van der Waals surface area contributed by atoms with Gasteiger partial charge < -0.3 is 37.2 Å². The van der Waals surface area contributed by atoms with Crippen molar-refractivity contribution in [3.05, 3.63) is 95.1 Å². The van der Waals surface area contributed by atoms with E-state index in [4.69, 9.17) is 0 Å². The van der Waals surface area contributed by atoms with E-state index >= 15 is 0 Å². The molecule has 0 heterocycles. The normalized spacial score (nSPS) is 12.4. The van der Waals surface area contributed by atoms with Crippen LogP contribution >= 0.6 is 0 Å². The summed E-state index contributed by atoms with van der Waals surface area (Å²) in [4.78, 5) is 0. The zero-order valence-corrected chi connectivity index (χ0v) is 19.6. The zero-order chi connectivity index (χ0) is 16.1. The predicted molar refractivity (Wildman–Crippen MR) is 98.3 cm³/mol. The molecule has 0 N–H and O–H groups in total. The van der Waals surface area contributed by atoms with Crippen molar-refractivity contribution in [2.24, 2.45) is 0 Å². The van der Waals surface area contributed by atoms with Crippen molar-refractivity contribution in [2.75, 3.05) is 0 Å². The standard InChI is InChI=1S/C23H25.3ClH.Ti/c1-3-4-12-19-13-11-18-22(19)23(2,20-14-7-5-8-15-20)21-16-9-6-10-17-21;;;;/h5-11,14-17H,3-4,12,18H2,1-2H3;3*1H;/q-1;;;;+4/p-3. The molecule has 27 heavy (non-hydrogen) atoms. The maximum atomic E-state index is 3.54. The molecule has 0 nitrogen and oxygen atoms in total. The van der Waals surface area contributed by atoms with E-state index in [2.05, 4.69) is 86.7 Å². The molecular formula is C23H25Cl3Ti. The van der Waals surface area contributed by atoms with E-state index in [0.29, 0.717) is 0 Å². The maximum Gasteiger partial charge on any atom is 4.00 e. The largest absolute Gasteiger partial charge is 4.00 e. The van der Waals surface area contributed by atoms with E-state index in [9.17, 15) is 0 Å². The second kappa shape index (κ2) is 13.6. The molecular weight excluding hydrogens is 430 g/mol. The number of halogens is 3. The van der Waals surface area contributed by atoms with Crippen LogP contribution in [-0.4, -0.2) is 0 Å². The van der Waals surface area contributed by atoms with Crippen LogP contribution in [0.25, 0.3) is 0 Å². The third-order valence-corrected chi connectivity index (χ3v) is 5.03. The van der Waals surface area contributed by atoms with Gasteiger partial charge in [0.25, 0.3) is 0 Å².